The number of aryl methyl sites for hydroxylation is 1. The van der Waals surface area contributed by atoms with E-state index in [1.54, 1.807) is 0 Å². The van der Waals surface area contributed by atoms with Gasteiger partial charge in [-0.25, -0.2) is 4.98 Å². The Hall–Kier alpha value is -0.870. The van der Waals surface area contributed by atoms with Crippen molar-refractivity contribution in [3.05, 3.63) is 17.8 Å². The second-order valence-electron chi connectivity index (χ2n) is 4.43. The third kappa shape index (κ3) is 1.04. The van der Waals surface area contributed by atoms with Gasteiger partial charge in [0.25, 0.3) is 0 Å². The van der Waals surface area contributed by atoms with Gasteiger partial charge >= 0.3 is 0 Å². The summed E-state index contributed by atoms with van der Waals surface area (Å²) in [6, 6.07) is 0.998. The lowest BCUT2D eigenvalue weighted by Crippen LogP contribution is -2.49. The van der Waals surface area contributed by atoms with Crippen LogP contribution in [0, 0.1) is 12.8 Å². The number of oxazole rings is 1. The summed E-state index contributed by atoms with van der Waals surface area (Å²) in [5.41, 5.74) is 7.06. The molecule has 0 spiro atoms. The molecule has 4 heteroatoms. The van der Waals surface area contributed by atoms with Crippen LogP contribution in [0.4, 0.5) is 0 Å². The average Bonchev–Trinajstić information content (AvgIpc) is 2.81. The van der Waals surface area contributed by atoms with E-state index in [1.807, 2.05) is 6.92 Å². The van der Waals surface area contributed by atoms with Gasteiger partial charge in [-0.05, 0) is 19.3 Å². The SMILES string of the molecule is Cc1ocnc1CN1CC2CC1C2N. The molecule has 3 unspecified atom stereocenters. The Morgan fingerprint density at radius 2 is 2.57 bits per heavy atom. The largest absolute Gasteiger partial charge is 0.448 e. The normalized spacial score (nSPS) is 36.0. The van der Waals surface area contributed by atoms with E-state index in [4.69, 9.17) is 10.2 Å². The van der Waals surface area contributed by atoms with Crippen molar-refractivity contribution in [2.45, 2.75) is 32.0 Å². The molecular weight excluding hydrogens is 178 g/mol. The molecule has 14 heavy (non-hydrogen) atoms. The minimum atomic E-state index is 0.405. The molecule has 0 radical (unpaired) electrons. The smallest absolute Gasteiger partial charge is 0.181 e. The van der Waals surface area contributed by atoms with E-state index in [2.05, 4.69) is 9.88 Å². The van der Waals surface area contributed by atoms with Crippen LogP contribution >= 0.6 is 0 Å². The summed E-state index contributed by atoms with van der Waals surface area (Å²) in [4.78, 5) is 6.64. The van der Waals surface area contributed by atoms with Gasteiger partial charge < -0.3 is 10.2 Å². The molecule has 0 amide bonds. The molecule has 1 saturated carbocycles. The Morgan fingerprint density at radius 3 is 3.07 bits per heavy atom. The first-order chi connectivity index (χ1) is 6.75. The Balaban J connectivity index is 1.72. The Morgan fingerprint density at radius 1 is 1.71 bits per heavy atom. The molecule has 1 aromatic heterocycles. The molecule has 2 aliphatic heterocycles. The van der Waals surface area contributed by atoms with Crippen LogP contribution in [0.2, 0.25) is 0 Å². The molecule has 3 heterocycles. The second kappa shape index (κ2) is 2.81. The molecular formula is C10H15N3O. The topological polar surface area (TPSA) is 55.3 Å². The van der Waals surface area contributed by atoms with Crippen molar-refractivity contribution in [2.24, 2.45) is 11.7 Å². The van der Waals surface area contributed by atoms with Crippen LogP contribution in [0.25, 0.3) is 0 Å². The summed E-state index contributed by atoms with van der Waals surface area (Å²) < 4.78 is 5.18. The minimum Gasteiger partial charge on any atom is -0.448 e. The van der Waals surface area contributed by atoms with E-state index in [9.17, 15) is 0 Å². The third-order valence-corrected chi connectivity index (χ3v) is 3.67. The first kappa shape index (κ1) is 8.44. The van der Waals surface area contributed by atoms with Crippen LogP contribution in [0.3, 0.4) is 0 Å². The number of hydrogen-bond donors (Lipinski definition) is 1. The summed E-state index contributed by atoms with van der Waals surface area (Å²) in [6.45, 7) is 4.00. The molecule has 3 atom stereocenters. The lowest BCUT2D eigenvalue weighted by atomic mass is 9.81. The summed E-state index contributed by atoms with van der Waals surface area (Å²) in [6.07, 6.45) is 2.79. The van der Waals surface area contributed by atoms with E-state index >= 15 is 0 Å². The first-order valence-corrected chi connectivity index (χ1v) is 5.14. The van der Waals surface area contributed by atoms with E-state index in [-0.39, 0.29) is 0 Å². The van der Waals surface area contributed by atoms with Crippen molar-refractivity contribution in [3.8, 4) is 0 Å². The molecule has 3 fully saturated rings. The predicted molar refractivity (Wildman–Crippen MR) is 51.5 cm³/mol. The monoisotopic (exact) mass is 193 g/mol. The van der Waals surface area contributed by atoms with E-state index in [0.717, 1.165) is 30.5 Å². The number of nitrogens with two attached hydrogens (primary N) is 1. The number of nitrogens with zero attached hydrogens (tertiary/aromatic N) is 2. The Kier molecular flexibility index (Phi) is 1.69. The minimum absolute atomic E-state index is 0.405. The summed E-state index contributed by atoms with van der Waals surface area (Å²) in [5, 5.41) is 0. The van der Waals surface area contributed by atoms with Gasteiger partial charge in [0, 0.05) is 25.2 Å². The molecule has 3 aliphatic rings. The molecule has 2 bridgehead atoms. The molecule has 1 aliphatic carbocycles. The van der Waals surface area contributed by atoms with Crippen LogP contribution in [-0.4, -0.2) is 28.5 Å². The zero-order valence-electron chi connectivity index (χ0n) is 8.31. The fourth-order valence-corrected chi connectivity index (χ4v) is 2.62. The van der Waals surface area contributed by atoms with Crippen molar-refractivity contribution < 1.29 is 4.42 Å². The van der Waals surface area contributed by atoms with E-state index in [0.29, 0.717) is 12.1 Å². The summed E-state index contributed by atoms with van der Waals surface area (Å²) >= 11 is 0. The Bertz CT molecular complexity index is 349. The van der Waals surface area contributed by atoms with Crippen LogP contribution in [-0.2, 0) is 6.54 Å². The fourth-order valence-electron chi connectivity index (χ4n) is 2.62. The van der Waals surface area contributed by atoms with Gasteiger partial charge in [-0.1, -0.05) is 0 Å². The molecule has 1 aromatic rings. The zero-order valence-corrected chi connectivity index (χ0v) is 8.31. The Labute approximate surface area is 83.1 Å². The second-order valence-corrected chi connectivity index (χ2v) is 4.43. The van der Waals surface area contributed by atoms with Gasteiger partial charge in [0.1, 0.15) is 5.76 Å². The van der Waals surface area contributed by atoms with E-state index in [1.165, 1.54) is 12.8 Å². The van der Waals surface area contributed by atoms with Gasteiger partial charge in [-0.3, -0.25) is 4.90 Å². The van der Waals surface area contributed by atoms with Gasteiger partial charge in [0.05, 0.1) is 5.69 Å². The number of rotatable bonds is 2. The third-order valence-electron chi connectivity index (χ3n) is 3.67. The molecule has 2 saturated heterocycles. The first-order valence-electron chi connectivity index (χ1n) is 5.14. The zero-order chi connectivity index (χ0) is 9.71. The van der Waals surface area contributed by atoms with Crippen LogP contribution < -0.4 is 5.73 Å². The number of hydrogen-bond acceptors (Lipinski definition) is 4. The highest BCUT2D eigenvalue weighted by Crippen LogP contribution is 2.40. The van der Waals surface area contributed by atoms with Crippen molar-refractivity contribution >= 4 is 0 Å². The molecule has 76 valence electrons. The quantitative estimate of drug-likeness (QED) is 0.743. The number of fused-ring (bicyclic) bond motifs is 1. The average molecular weight is 193 g/mol. The lowest BCUT2D eigenvalue weighted by Gasteiger charge is -2.33. The van der Waals surface area contributed by atoms with Gasteiger partial charge in [0.2, 0.25) is 0 Å². The molecule has 4 nitrogen and oxygen atoms in total. The summed E-state index contributed by atoms with van der Waals surface area (Å²) in [7, 11) is 0. The van der Waals surface area contributed by atoms with Gasteiger partial charge in [-0.15, -0.1) is 0 Å². The maximum absolute atomic E-state index is 6.00. The van der Waals surface area contributed by atoms with Crippen molar-refractivity contribution in [1.82, 2.24) is 9.88 Å². The fraction of sp³-hybridized carbons (Fsp3) is 0.700. The van der Waals surface area contributed by atoms with Crippen molar-refractivity contribution in [1.29, 1.82) is 0 Å². The molecule has 4 rings (SSSR count). The van der Waals surface area contributed by atoms with Crippen molar-refractivity contribution in [2.75, 3.05) is 6.54 Å². The molecule has 2 N–H and O–H groups in total. The highest BCUT2D eigenvalue weighted by Gasteiger charge is 2.49. The highest BCUT2D eigenvalue weighted by molar-refractivity contribution is 5.11. The predicted octanol–water partition coefficient (Wildman–Crippen LogP) is 0.514. The highest BCUT2D eigenvalue weighted by atomic mass is 16.3. The maximum atomic E-state index is 6.00. The van der Waals surface area contributed by atoms with Crippen molar-refractivity contribution in [3.63, 3.8) is 0 Å². The summed E-state index contributed by atoms with van der Waals surface area (Å²) in [5.74, 6) is 1.66. The molecule has 0 aromatic carbocycles. The number of aromatic nitrogens is 1. The van der Waals surface area contributed by atoms with Gasteiger partial charge in [-0.2, -0.15) is 0 Å². The maximum Gasteiger partial charge on any atom is 0.181 e. The lowest BCUT2D eigenvalue weighted by molar-refractivity contribution is 0.206. The van der Waals surface area contributed by atoms with Crippen LogP contribution in [0.1, 0.15) is 17.9 Å². The van der Waals surface area contributed by atoms with Crippen LogP contribution in [0.15, 0.2) is 10.8 Å². The standard InChI is InChI=1S/C10H15N3O/c1-6-8(12-5-14-6)4-13-3-7-2-9(13)10(7)11/h5,7,9-10H,2-4,11H2,1H3. The van der Waals surface area contributed by atoms with Crippen LogP contribution in [0.5, 0.6) is 0 Å². The van der Waals surface area contributed by atoms with E-state index < -0.39 is 0 Å². The van der Waals surface area contributed by atoms with Gasteiger partial charge in [0.15, 0.2) is 6.39 Å².